The van der Waals surface area contributed by atoms with E-state index in [1.165, 1.54) is 9.80 Å². The van der Waals surface area contributed by atoms with Gasteiger partial charge >= 0.3 is 12.2 Å². The van der Waals surface area contributed by atoms with Crippen LogP contribution in [0.25, 0.3) is 0 Å². The van der Waals surface area contributed by atoms with Crippen molar-refractivity contribution in [2.45, 2.75) is 6.04 Å². The van der Waals surface area contributed by atoms with Crippen molar-refractivity contribution in [2.24, 2.45) is 5.73 Å². The normalized spacial score (nSPS) is 22.2. The summed E-state index contributed by atoms with van der Waals surface area (Å²) in [4.78, 5) is 23.7. The van der Waals surface area contributed by atoms with Gasteiger partial charge in [-0.3, -0.25) is 0 Å². The molecule has 1 fully saturated rings. The molecule has 0 spiro atoms. The average Bonchev–Trinajstić information content (AvgIpc) is 2.16. The van der Waals surface area contributed by atoms with Gasteiger partial charge in [-0.1, -0.05) is 0 Å². The number of piperazine rings is 1. The Bertz CT molecular complexity index is 245. The maximum Gasteiger partial charge on any atom is 0.407 e. The summed E-state index contributed by atoms with van der Waals surface area (Å²) in [5.74, 6) is 0. The Kier molecular flexibility index (Phi) is 3.13. The van der Waals surface area contributed by atoms with Crippen LogP contribution in [0.1, 0.15) is 0 Å². The van der Waals surface area contributed by atoms with E-state index in [-0.39, 0.29) is 26.2 Å². The lowest BCUT2D eigenvalue weighted by atomic mass is 10.2. The van der Waals surface area contributed by atoms with E-state index in [1.54, 1.807) is 0 Å². The molecule has 0 aromatic rings. The zero-order valence-corrected chi connectivity index (χ0v) is 7.59. The number of nitrogens with two attached hydrogens (primary N) is 1. The highest BCUT2D eigenvalue weighted by atomic mass is 16.4. The zero-order valence-electron chi connectivity index (χ0n) is 7.59. The fourth-order valence-electron chi connectivity index (χ4n) is 1.48. The zero-order chi connectivity index (χ0) is 10.7. The molecule has 0 aliphatic carbocycles. The maximum atomic E-state index is 10.7. The second-order valence-corrected chi connectivity index (χ2v) is 3.09. The molecule has 0 bridgehead atoms. The third-order valence-electron chi connectivity index (χ3n) is 2.27. The predicted octanol–water partition coefficient (Wildman–Crippen LogP) is -0.713. The average molecular weight is 203 g/mol. The predicted molar refractivity (Wildman–Crippen MR) is 47.2 cm³/mol. The highest BCUT2D eigenvalue weighted by Crippen LogP contribution is 2.09. The monoisotopic (exact) mass is 203 g/mol. The minimum absolute atomic E-state index is 0.135. The first-order chi connectivity index (χ1) is 6.56. The largest absolute Gasteiger partial charge is 0.465 e. The van der Waals surface area contributed by atoms with Gasteiger partial charge in [0.05, 0.1) is 6.04 Å². The number of amides is 2. The van der Waals surface area contributed by atoms with Crippen LogP contribution in [0.3, 0.4) is 0 Å². The second kappa shape index (κ2) is 4.14. The third kappa shape index (κ3) is 2.05. The molecule has 1 rings (SSSR count). The van der Waals surface area contributed by atoms with E-state index < -0.39 is 18.2 Å². The van der Waals surface area contributed by atoms with Crippen molar-refractivity contribution in [1.82, 2.24) is 9.80 Å². The summed E-state index contributed by atoms with van der Waals surface area (Å²) < 4.78 is 0. The van der Waals surface area contributed by atoms with Crippen LogP contribution in [-0.2, 0) is 0 Å². The van der Waals surface area contributed by atoms with Gasteiger partial charge in [-0.15, -0.1) is 0 Å². The lowest BCUT2D eigenvalue weighted by molar-refractivity contribution is 0.0663. The molecular formula is C7H13N3O4. The van der Waals surface area contributed by atoms with Crippen LogP contribution in [0.2, 0.25) is 0 Å². The van der Waals surface area contributed by atoms with Crippen molar-refractivity contribution in [3.63, 3.8) is 0 Å². The van der Waals surface area contributed by atoms with Crippen LogP contribution in [-0.4, -0.2) is 64.4 Å². The first-order valence-electron chi connectivity index (χ1n) is 4.23. The summed E-state index contributed by atoms with van der Waals surface area (Å²) in [7, 11) is 0. The summed E-state index contributed by atoms with van der Waals surface area (Å²) in [5.41, 5.74) is 5.37. The number of nitrogens with zero attached hydrogens (tertiary/aromatic N) is 2. The van der Waals surface area contributed by atoms with Gasteiger partial charge in [-0.05, 0) is 0 Å². The van der Waals surface area contributed by atoms with Crippen molar-refractivity contribution in [2.75, 3.05) is 26.2 Å². The molecule has 1 atom stereocenters. The Morgan fingerprint density at radius 1 is 1.29 bits per heavy atom. The SMILES string of the molecule is NC[C@H]1CN(C(=O)O)CCN1C(=O)O. The van der Waals surface area contributed by atoms with E-state index in [0.29, 0.717) is 0 Å². The van der Waals surface area contributed by atoms with Crippen LogP contribution in [0.5, 0.6) is 0 Å². The smallest absolute Gasteiger partial charge is 0.407 e. The molecule has 14 heavy (non-hydrogen) atoms. The molecular weight excluding hydrogens is 190 g/mol. The van der Waals surface area contributed by atoms with Crippen LogP contribution in [0.15, 0.2) is 0 Å². The molecule has 1 heterocycles. The number of carbonyl (C=O) groups is 2. The second-order valence-electron chi connectivity index (χ2n) is 3.09. The number of hydrogen-bond acceptors (Lipinski definition) is 3. The summed E-state index contributed by atoms with van der Waals surface area (Å²) in [6.45, 7) is 0.676. The summed E-state index contributed by atoms with van der Waals surface area (Å²) in [6, 6.07) is -0.433. The highest BCUT2D eigenvalue weighted by molar-refractivity contribution is 5.68. The van der Waals surface area contributed by atoms with E-state index in [9.17, 15) is 9.59 Å². The van der Waals surface area contributed by atoms with Crippen molar-refractivity contribution in [3.05, 3.63) is 0 Å². The molecule has 1 saturated heterocycles. The fraction of sp³-hybridized carbons (Fsp3) is 0.714. The summed E-state index contributed by atoms with van der Waals surface area (Å²) >= 11 is 0. The highest BCUT2D eigenvalue weighted by Gasteiger charge is 2.31. The first kappa shape index (κ1) is 10.6. The molecule has 1 aliphatic heterocycles. The number of carboxylic acid groups (broad SMARTS) is 2. The molecule has 7 heteroatoms. The molecule has 0 unspecified atom stereocenters. The van der Waals surface area contributed by atoms with E-state index in [2.05, 4.69) is 0 Å². The molecule has 0 saturated carbocycles. The summed E-state index contributed by atoms with van der Waals surface area (Å²) in [6.07, 6.45) is -2.08. The van der Waals surface area contributed by atoms with Gasteiger partial charge in [0, 0.05) is 26.2 Å². The fourth-order valence-corrected chi connectivity index (χ4v) is 1.48. The van der Waals surface area contributed by atoms with E-state index in [0.717, 1.165) is 0 Å². The Morgan fingerprint density at radius 2 is 1.93 bits per heavy atom. The Morgan fingerprint density at radius 3 is 2.36 bits per heavy atom. The lowest BCUT2D eigenvalue weighted by Crippen LogP contribution is -2.58. The van der Waals surface area contributed by atoms with Crippen molar-refractivity contribution < 1.29 is 19.8 Å². The molecule has 0 aromatic carbocycles. The van der Waals surface area contributed by atoms with Crippen LogP contribution < -0.4 is 5.73 Å². The van der Waals surface area contributed by atoms with E-state index in [1.807, 2.05) is 0 Å². The minimum Gasteiger partial charge on any atom is -0.465 e. The molecule has 2 amide bonds. The topological polar surface area (TPSA) is 107 Å². The van der Waals surface area contributed by atoms with Gasteiger partial charge in [0.15, 0.2) is 0 Å². The van der Waals surface area contributed by atoms with Gasteiger partial charge in [0.2, 0.25) is 0 Å². The standard InChI is InChI=1S/C7H13N3O4/c8-3-5-4-9(6(11)12)1-2-10(5)7(13)14/h5H,1-4,8H2,(H,11,12)(H,13,14)/t5-/m0/s1. The van der Waals surface area contributed by atoms with E-state index in [4.69, 9.17) is 15.9 Å². The molecule has 7 nitrogen and oxygen atoms in total. The van der Waals surface area contributed by atoms with Gasteiger partial charge in [0.25, 0.3) is 0 Å². The third-order valence-corrected chi connectivity index (χ3v) is 2.27. The molecule has 0 radical (unpaired) electrons. The first-order valence-corrected chi connectivity index (χ1v) is 4.23. The van der Waals surface area contributed by atoms with E-state index >= 15 is 0 Å². The van der Waals surface area contributed by atoms with Crippen LogP contribution in [0, 0.1) is 0 Å². The Labute approximate surface area is 80.7 Å². The molecule has 4 N–H and O–H groups in total. The van der Waals surface area contributed by atoms with Gasteiger partial charge in [-0.2, -0.15) is 0 Å². The van der Waals surface area contributed by atoms with Gasteiger partial charge in [0.1, 0.15) is 0 Å². The number of hydrogen-bond donors (Lipinski definition) is 3. The molecule has 80 valence electrons. The van der Waals surface area contributed by atoms with Gasteiger partial charge in [-0.25, -0.2) is 9.59 Å². The Balaban J connectivity index is 2.63. The van der Waals surface area contributed by atoms with Crippen LogP contribution >= 0.6 is 0 Å². The summed E-state index contributed by atoms with van der Waals surface area (Å²) in [5, 5.41) is 17.5. The minimum atomic E-state index is -1.05. The molecule has 1 aliphatic rings. The quantitative estimate of drug-likeness (QED) is 0.521. The maximum absolute atomic E-state index is 10.7. The van der Waals surface area contributed by atoms with Crippen molar-refractivity contribution >= 4 is 12.2 Å². The lowest BCUT2D eigenvalue weighted by Gasteiger charge is -2.37. The van der Waals surface area contributed by atoms with Crippen LogP contribution in [0.4, 0.5) is 9.59 Å². The number of rotatable bonds is 1. The van der Waals surface area contributed by atoms with Crippen molar-refractivity contribution in [1.29, 1.82) is 0 Å². The molecule has 0 aromatic heterocycles. The van der Waals surface area contributed by atoms with Crippen molar-refractivity contribution in [3.8, 4) is 0 Å². The van der Waals surface area contributed by atoms with Gasteiger partial charge < -0.3 is 25.7 Å². The Hall–Kier alpha value is -1.50.